The van der Waals surface area contributed by atoms with Gasteiger partial charge in [-0.15, -0.1) is 0 Å². The summed E-state index contributed by atoms with van der Waals surface area (Å²) in [5, 5.41) is 5.79. The van der Waals surface area contributed by atoms with E-state index in [1.807, 2.05) is 0 Å². The summed E-state index contributed by atoms with van der Waals surface area (Å²) < 4.78 is 1.81. The first-order valence-corrected chi connectivity index (χ1v) is 11.8. The minimum absolute atomic E-state index is 0.207. The maximum absolute atomic E-state index is 12.6. The lowest BCUT2D eigenvalue weighted by molar-refractivity contribution is 0.140. The molecular formula is C24H24N8O6. The van der Waals surface area contributed by atoms with E-state index < -0.39 is 34.6 Å². The summed E-state index contributed by atoms with van der Waals surface area (Å²) in [5.74, 6) is 0. The number of piperazine rings is 1. The van der Waals surface area contributed by atoms with Gasteiger partial charge in [-0.3, -0.25) is 9.59 Å². The van der Waals surface area contributed by atoms with Gasteiger partial charge in [-0.1, -0.05) is 24.3 Å². The number of aromatic amines is 2. The highest BCUT2D eigenvalue weighted by Gasteiger charge is 2.24. The minimum Gasteiger partial charge on any atom is -0.321 e. The number of H-pyrrole nitrogens is 2. The number of urea groups is 2. The van der Waals surface area contributed by atoms with Crippen molar-refractivity contribution in [1.29, 1.82) is 0 Å². The van der Waals surface area contributed by atoms with E-state index in [1.165, 1.54) is 9.80 Å². The average Bonchev–Trinajstić information content (AvgIpc) is 2.92. The fraction of sp³-hybridized carbons (Fsp3) is 0.250. The van der Waals surface area contributed by atoms with Gasteiger partial charge in [-0.2, -0.15) is 0 Å². The Morgan fingerprint density at radius 1 is 0.632 bits per heavy atom. The SMILES string of the molecule is O=C(NCn1c(=O)[nH]c2ccccc2c1=O)N1CCN(C(=O)NCn2c(=O)[nH]c3ccccc3c2=O)CC1. The van der Waals surface area contributed by atoms with Crippen LogP contribution in [0.15, 0.2) is 67.7 Å². The highest BCUT2D eigenvalue weighted by Crippen LogP contribution is 2.05. The van der Waals surface area contributed by atoms with Gasteiger partial charge in [0.2, 0.25) is 0 Å². The van der Waals surface area contributed by atoms with Crippen LogP contribution >= 0.6 is 0 Å². The molecule has 0 bridgehead atoms. The van der Waals surface area contributed by atoms with E-state index in [4.69, 9.17) is 0 Å². The molecule has 1 fully saturated rings. The van der Waals surface area contributed by atoms with Gasteiger partial charge in [-0.05, 0) is 24.3 Å². The number of amides is 4. The Morgan fingerprint density at radius 3 is 1.39 bits per heavy atom. The molecule has 38 heavy (non-hydrogen) atoms. The van der Waals surface area contributed by atoms with Crippen molar-refractivity contribution in [3.8, 4) is 0 Å². The van der Waals surface area contributed by atoms with Crippen molar-refractivity contribution >= 4 is 33.9 Å². The number of carbonyl (C=O) groups is 2. The summed E-state index contributed by atoms with van der Waals surface area (Å²) in [4.78, 5) is 83.2. The van der Waals surface area contributed by atoms with Crippen molar-refractivity contribution in [2.45, 2.75) is 13.3 Å². The molecule has 1 aliphatic rings. The summed E-state index contributed by atoms with van der Waals surface area (Å²) in [6.07, 6.45) is 0. The first kappa shape index (κ1) is 24.5. The molecule has 0 saturated carbocycles. The Morgan fingerprint density at radius 2 is 1.00 bits per heavy atom. The largest absolute Gasteiger partial charge is 0.330 e. The van der Waals surface area contributed by atoms with Crippen LogP contribution in [0.5, 0.6) is 0 Å². The van der Waals surface area contributed by atoms with Gasteiger partial charge in [-0.25, -0.2) is 28.3 Å². The summed E-state index contributed by atoms with van der Waals surface area (Å²) in [5.41, 5.74) is -1.49. The fourth-order valence-corrected chi connectivity index (χ4v) is 4.31. The van der Waals surface area contributed by atoms with Gasteiger partial charge in [0.1, 0.15) is 13.3 Å². The molecule has 0 unspecified atom stereocenters. The zero-order chi connectivity index (χ0) is 26.8. The van der Waals surface area contributed by atoms with Gasteiger partial charge in [0.25, 0.3) is 11.1 Å². The second kappa shape index (κ2) is 10.1. The maximum atomic E-state index is 12.6. The summed E-state index contributed by atoms with van der Waals surface area (Å²) in [6, 6.07) is 12.2. The zero-order valence-corrected chi connectivity index (χ0v) is 20.1. The van der Waals surface area contributed by atoms with Gasteiger partial charge in [0, 0.05) is 26.2 Å². The lowest BCUT2D eigenvalue weighted by Gasteiger charge is -2.34. The third-order valence-electron chi connectivity index (χ3n) is 6.41. The number of nitrogens with zero attached hydrogens (tertiary/aromatic N) is 4. The smallest absolute Gasteiger partial charge is 0.321 e. The van der Waals surface area contributed by atoms with Crippen molar-refractivity contribution < 1.29 is 9.59 Å². The first-order chi connectivity index (χ1) is 18.3. The third kappa shape index (κ3) is 4.66. The van der Waals surface area contributed by atoms with Crippen molar-refractivity contribution in [1.82, 2.24) is 39.5 Å². The summed E-state index contributed by atoms with van der Waals surface area (Å²) in [7, 11) is 0. The molecule has 196 valence electrons. The number of hydrogen-bond acceptors (Lipinski definition) is 6. The number of rotatable bonds is 4. The molecule has 1 aliphatic heterocycles. The molecule has 14 nitrogen and oxygen atoms in total. The number of nitrogens with one attached hydrogen (secondary N) is 4. The standard InChI is InChI=1S/C24H24N8O6/c33-19-15-5-1-3-7-17(15)27-23(37)31(19)13-25-21(35)29-9-11-30(12-10-29)22(36)26-14-32-20(34)16-6-2-4-8-18(16)28-24(32)38/h1-8H,9-14H2,(H,25,35)(H,26,36)(H,27,37)(H,28,38). The van der Waals surface area contributed by atoms with Gasteiger partial charge < -0.3 is 30.4 Å². The molecule has 0 spiro atoms. The van der Waals surface area contributed by atoms with Crippen LogP contribution < -0.4 is 33.1 Å². The Labute approximate surface area is 213 Å². The van der Waals surface area contributed by atoms with E-state index in [9.17, 15) is 28.8 Å². The highest BCUT2D eigenvalue weighted by atomic mass is 16.2. The lowest BCUT2D eigenvalue weighted by atomic mass is 10.2. The second-order valence-corrected chi connectivity index (χ2v) is 8.67. The van der Waals surface area contributed by atoms with Crippen LogP contribution in [0.2, 0.25) is 0 Å². The quantitative estimate of drug-likeness (QED) is 0.278. The van der Waals surface area contributed by atoms with Crippen LogP contribution in [-0.4, -0.2) is 67.1 Å². The predicted molar refractivity (Wildman–Crippen MR) is 138 cm³/mol. The van der Waals surface area contributed by atoms with Crippen molar-refractivity contribution in [3.63, 3.8) is 0 Å². The van der Waals surface area contributed by atoms with Crippen LogP contribution in [0.3, 0.4) is 0 Å². The fourth-order valence-electron chi connectivity index (χ4n) is 4.31. The molecule has 4 N–H and O–H groups in total. The van der Waals surface area contributed by atoms with Crippen LogP contribution in [0.4, 0.5) is 9.59 Å². The van der Waals surface area contributed by atoms with E-state index in [0.29, 0.717) is 21.8 Å². The van der Waals surface area contributed by atoms with E-state index >= 15 is 0 Å². The van der Waals surface area contributed by atoms with Gasteiger partial charge >= 0.3 is 23.4 Å². The first-order valence-electron chi connectivity index (χ1n) is 11.8. The number of benzene rings is 2. The maximum Gasteiger partial charge on any atom is 0.330 e. The van der Waals surface area contributed by atoms with Crippen molar-refractivity contribution in [2.75, 3.05) is 26.2 Å². The average molecular weight is 521 g/mol. The van der Waals surface area contributed by atoms with Crippen molar-refractivity contribution in [2.24, 2.45) is 0 Å². The van der Waals surface area contributed by atoms with Crippen LogP contribution in [-0.2, 0) is 13.3 Å². The monoisotopic (exact) mass is 520 g/mol. The number of fused-ring (bicyclic) bond motifs is 2. The predicted octanol–water partition coefficient (Wildman–Crippen LogP) is -0.655. The summed E-state index contributed by atoms with van der Waals surface area (Å²) >= 11 is 0. The molecule has 4 amide bonds. The number of aromatic nitrogens is 4. The number of hydrogen-bond donors (Lipinski definition) is 4. The zero-order valence-electron chi connectivity index (χ0n) is 20.1. The Balaban J connectivity index is 1.15. The minimum atomic E-state index is -0.639. The molecule has 0 radical (unpaired) electrons. The molecule has 3 heterocycles. The second-order valence-electron chi connectivity index (χ2n) is 8.67. The number of carbonyl (C=O) groups excluding carboxylic acids is 2. The Kier molecular flexibility index (Phi) is 6.51. The van der Waals surface area contributed by atoms with Gasteiger partial charge in [0.05, 0.1) is 21.8 Å². The Hall–Kier alpha value is -5.14. The number of para-hydroxylation sites is 2. The molecule has 2 aromatic heterocycles. The molecule has 5 rings (SSSR count). The normalized spacial score (nSPS) is 13.6. The molecule has 1 saturated heterocycles. The molecule has 2 aromatic carbocycles. The molecule has 0 aliphatic carbocycles. The molecule has 0 atom stereocenters. The van der Waals surface area contributed by atoms with E-state index in [0.717, 1.165) is 9.13 Å². The molecule has 14 heteroatoms. The topological polar surface area (TPSA) is 174 Å². The van der Waals surface area contributed by atoms with Crippen LogP contribution in [0.25, 0.3) is 21.8 Å². The van der Waals surface area contributed by atoms with Crippen molar-refractivity contribution in [3.05, 3.63) is 90.2 Å². The van der Waals surface area contributed by atoms with E-state index in [-0.39, 0.29) is 39.5 Å². The third-order valence-corrected chi connectivity index (χ3v) is 6.41. The lowest BCUT2D eigenvalue weighted by Crippen LogP contribution is -2.56. The van der Waals surface area contributed by atoms with Gasteiger partial charge in [0.15, 0.2) is 0 Å². The van der Waals surface area contributed by atoms with Crippen LogP contribution in [0.1, 0.15) is 0 Å². The molecular weight excluding hydrogens is 496 g/mol. The van der Waals surface area contributed by atoms with E-state index in [1.54, 1.807) is 48.5 Å². The van der Waals surface area contributed by atoms with Crippen LogP contribution in [0, 0.1) is 0 Å². The molecule has 4 aromatic rings. The Bertz CT molecular complexity index is 1650. The summed E-state index contributed by atoms with van der Waals surface area (Å²) in [6.45, 7) is 0.204. The highest BCUT2D eigenvalue weighted by molar-refractivity contribution is 5.78. The van der Waals surface area contributed by atoms with E-state index in [2.05, 4.69) is 20.6 Å².